The zero-order chi connectivity index (χ0) is 95.2. The molecule has 34 heteroatoms. The third-order valence-electron chi connectivity index (χ3n) is 22.6. The maximum Gasteiger partial charge on any atom is 0.418 e. The third kappa shape index (κ3) is 23.1. The highest BCUT2D eigenvalue weighted by Crippen LogP contribution is 2.47. The monoisotopic (exact) mass is 1880 g/mol. The van der Waals surface area contributed by atoms with Crippen molar-refractivity contribution in [2.24, 2.45) is 0 Å². The number of carbonyl (C=O) groups excluding carboxylic acids is 7. The van der Waals surface area contributed by atoms with E-state index in [9.17, 15) is 81.9 Å². The van der Waals surface area contributed by atoms with Crippen LogP contribution in [0, 0.1) is 11.6 Å². The summed E-state index contributed by atoms with van der Waals surface area (Å²) in [7, 11) is 0. The zero-order valence-corrected chi connectivity index (χ0v) is 72.6. The molecule has 0 saturated heterocycles. The van der Waals surface area contributed by atoms with Crippen LogP contribution in [0.4, 0.5) is 88.1 Å². The van der Waals surface area contributed by atoms with Crippen molar-refractivity contribution in [2.45, 2.75) is 108 Å². The number of hydrogen-bond donors (Lipinski definition) is 7. The van der Waals surface area contributed by atoms with Gasteiger partial charge in [0.1, 0.15) is 11.6 Å². The summed E-state index contributed by atoms with van der Waals surface area (Å²) in [4.78, 5) is 107. The fourth-order valence-corrected chi connectivity index (χ4v) is 16.7. The van der Waals surface area contributed by atoms with Gasteiger partial charge < -0.3 is 37.2 Å². The second-order valence-corrected chi connectivity index (χ2v) is 32.3. The van der Waals surface area contributed by atoms with Crippen molar-refractivity contribution in [3.63, 3.8) is 0 Å². The first-order chi connectivity index (χ1) is 64.8. The van der Waals surface area contributed by atoms with Crippen LogP contribution in [-0.2, 0) is 97.0 Å². The Morgan fingerprint density at radius 3 is 1.04 bits per heavy atom. The van der Waals surface area contributed by atoms with E-state index in [2.05, 4.69) is 72.1 Å². The fraction of sp³-hybridized carbons (Fsp3) is 0.168. The van der Waals surface area contributed by atoms with Crippen molar-refractivity contribution in [3.8, 4) is 77.9 Å². The number of hydrogen-bond acceptors (Lipinski definition) is 14. The van der Waals surface area contributed by atoms with Gasteiger partial charge >= 0.3 is 18.5 Å². The molecule has 0 saturated carbocycles. The summed E-state index contributed by atoms with van der Waals surface area (Å²) >= 11 is 12.7. The molecule has 0 unspecified atom stereocenters. The molecule has 0 aliphatic carbocycles. The minimum Gasteiger partial charge on any atom is -0.326 e. The van der Waals surface area contributed by atoms with Gasteiger partial charge in [-0.05, 0) is 210 Å². The number of amides is 7. The van der Waals surface area contributed by atoms with Gasteiger partial charge in [-0.3, -0.25) is 68.4 Å². The Balaban J connectivity index is 0.000000120. The van der Waals surface area contributed by atoms with E-state index < -0.39 is 35.2 Å². The SMILES string of the molecule is O=C1CCc2c(ccc(-c3cccnc3)c2C(F)(F)F)N1.O=C1CCc2c(ccc(-c3cccnc3)c2Cl)N1.O=C1CCc2c(ccc(-c3cccnc3)c2F)N1.O=C1CCc2cc(-c3cccnc3)c(C(F)(F)F)cc2N1.O=C1CCc2cc(-c3cccnc3)c(Cl)cc2N1.O=C1CCc2cc(-c3cccnc3)c(F)cc2N1.O=C1CCc2cc(-c3cccnc3)cc(C(F)(F)F)c2N1. The Labute approximate surface area is 774 Å². The molecule has 7 amide bonds. The van der Waals surface area contributed by atoms with Crippen LogP contribution in [-0.4, -0.2) is 76.2 Å². The van der Waals surface area contributed by atoms with Crippen LogP contribution in [0.1, 0.15) is 101 Å². The molecule has 7 aromatic heterocycles. The smallest absolute Gasteiger partial charge is 0.326 e. The number of alkyl halides is 9. The molecule has 7 aromatic carbocycles. The van der Waals surface area contributed by atoms with Crippen molar-refractivity contribution in [1.82, 2.24) is 34.9 Å². The van der Waals surface area contributed by atoms with E-state index in [4.69, 9.17) is 23.2 Å². The van der Waals surface area contributed by atoms with Crippen molar-refractivity contribution < 1.29 is 81.9 Å². The highest BCUT2D eigenvalue weighted by atomic mass is 35.5. The Hall–Kier alpha value is -15.3. The third-order valence-corrected chi connectivity index (χ3v) is 23.3. The first-order valence-corrected chi connectivity index (χ1v) is 43.0. The number of halogens is 13. The molecule has 21 nitrogen and oxygen atoms in total. The minimum absolute atomic E-state index is 0.0488. The molecule has 0 spiro atoms. The maximum atomic E-state index is 14.4. The lowest BCUT2D eigenvalue weighted by Gasteiger charge is -2.24. The predicted molar refractivity (Wildman–Crippen MR) is 491 cm³/mol. The number of aromatic nitrogens is 7. The summed E-state index contributed by atoms with van der Waals surface area (Å²) in [6.07, 6.45) is 14.7. The first kappa shape index (κ1) is 94.3. The Bertz CT molecular complexity index is 6460. The Morgan fingerprint density at radius 2 is 0.593 bits per heavy atom. The van der Waals surface area contributed by atoms with E-state index in [0.29, 0.717) is 129 Å². The molecule has 7 aliphatic rings. The quantitative estimate of drug-likeness (QED) is 0.0731. The second-order valence-electron chi connectivity index (χ2n) is 31.5. The highest BCUT2D eigenvalue weighted by Gasteiger charge is 2.41. The lowest BCUT2D eigenvalue weighted by atomic mass is 9.90. The molecule has 21 rings (SSSR count). The average Bonchev–Trinajstić information content (AvgIpc) is 0.770. The van der Waals surface area contributed by atoms with Crippen molar-refractivity contribution in [2.75, 3.05) is 37.2 Å². The molecule has 0 radical (unpaired) electrons. The van der Waals surface area contributed by atoms with E-state index in [0.717, 1.165) is 80.0 Å². The van der Waals surface area contributed by atoms with E-state index in [1.807, 2.05) is 60.7 Å². The average molecular weight is 1880 g/mol. The molecule has 14 aromatic rings. The minimum atomic E-state index is -4.52. The standard InChI is InChI=1S/3C15H11F3N2O.2C14H11ClN2O.2C14H11FN2O/c16-15(17,18)14-10(9-2-1-7-19-8-9)3-5-12-11(14)4-6-13(21)20-12;16-15(17,18)12-7-13-9(3-4-14(21)20-13)6-11(12)10-2-1-5-19-8-10;16-15(17,18)12-7-11(10-2-1-5-19-8-10)6-9-3-4-13(21)20-14(9)12;15-14-10(9-2-1-7-16-8-9)3-5-12-11(14)4-6-13(18)17-12;15-12-7-13-9(3-4-14(18)17-13)6-11(12)10-2-1-5-16-8-10;15-14-10(9-2-1-7-16-8-9)3-5-12-11(14)4-6-13(18)17-12;15-12-7-13-9(3-4-14(18)17-13)6-11(12)10-2-1-5-16-8-10/h1-3,5,7-8H,4,6H2,(H,20,21);2*1-2,5-8H,3-4H2,(H,20,21);1-3,5,7-8H,4,6H2,(H,17,18);1-2,5-8H,3-4H2,(H,17,18);1-3,5,7-8H,4,6H2,(H,17,18);1-2,5-8H,3-4H2,(H,17,18). The second kappa shape index (κ2) is 41.6. The van der Waals surface area contributed by atoms with E-state index in [1.54, 1.807) is 129 Å². The van der Waals surface area contributed by atoms with Gasteiger partial charge in [-0.25, -0.2) is 8.78 Å². The van der Waals surface area contributed by atoms with E-state index in [-0.39, 0.29) is 112 Å². The highest BCUT2D eigenvalue weighted by molar-refractivity contribution is 6.35. The fourth-order valence-electron chi connectivity index (χ4n) is 16.1. The predicted octanol–water partition coefficient (Wildman–Crippen LogP) is 23.1. The zero-order valence-electron chi connectivity index (χ0n) is 71.0. The molecule has 7 N–H and O–H groups in total. The number of anilines is 7. The maximum absolute atomic E-state index is 14.4. The first-order valence-electron chi connectivity index (χ1n) is 42.3. The number of nitrogens with zero attached hydrogens (tertiary/aromatic N) is 7. The number of fused-ring (bicyclic) bond motifs is 7. The number of nitrogens with one attached hydrogen (secondary N) is 7. The van der Waals surface area contributed by atoms with Crippen LogP contribution in [0.3, 0.4) is 0 Å². The molecule has 684 valence electrons. The lowest BCUT2D eigenvalue weighted by molar-refractivity contribution is -0.138. The number of carbonyl (C=O) groups is 7. The summed E-state index contributed by atoms with van der Waals surface area (Å²) < 4.78 is 148. The van der Waals surface area contributed by atoms with Gasteiger partial charge in [0, 0.05) is 233 Å². The van der Waals surface area contributed by atoms with Gasteiger partial charge in [-0.1, -0.05) is 77.8 Å². The van der Waals surface area contributed by atoms with Gasteiger partial charge in [0.25, 0.3) is 0 Å². The van der Waals surface area contributed by atoms with Crippen molar-refractivity contribution >= 4 is 104 Å². The van der Waals surface area contributed by atoms with Gasteiger partial charge in [0.05, 0.1) is 32.4 Å². The largest absolute Gasteiger partial charge is 0.418 e. The van der Waals surface area contributed by atoms with Crippen LogP contribution in [0.2, 0.25) is 10.0 Å². The molecular formula is C101H77Cl2F11N14O7. The molecule has 14 heterocycles. The number of aryl methyl sites for hydroxylation is 4. The number of pyridine rings is 7. The van der Waals surface area contributed by atoms with E-state index in [1.165, 1.54) is 55.2 Å². The van der Waals surface area contributed by atoms with Gasteiger partial charge in [-0.2, -0.15) is 39.5 Å². The van der Waals surface area contributed by atoms with Crippen molar-refractivity contribution in [1.29, 1.82) is 0 Å². The Morgan fingerprint density at radius 1 is 0.259 bits per heavy atom. The van der Waals surface area contributed by atoms with Crippen LogP contribution >= 0.6 is 23.2 Å². The van der Waals surface area contributed by atoms with Crippen LogP contribution in [0.5, 0.6) is 0 Å². The molecule has 0 fully saturated rings. The van der Waals surface area contributed by atoms with Crippen LogP contribution < -0.4 is 37.2 Å². The summed E-state index contributed by atoms with van der Waals surface area (Å²) in [5.41, 5.74) is 14.4. The summed E-state index contributed by atoms with van der Waals surface area (Å²) in [6.45, 7) is 0. The normalized spacial score (nSPS) is 14.2. The lowest BCUT2D eigenvalue weighted by Crippen LogP contribution is -2.23. The summed E-state index contributed by atoms with van der Waals surface area (Å²) in [5.74, 6) is -1.53. The topological polar surface area (TPSA) is 294 Å². The summed E-state index contributed by atoms with van der Waals surface area (Å²) in [6, 6.07) is 47.1. The Kier molecular flexibility index (Phi) is 29.1. The molecular weight excluding hydrogens is 1800 g/mol. The molecule has 0 bridgehead atoms. The van der Waals surface area contributed by atoms with Crippen LogP contribution in [0.15, 0.2) is 257 Å². The number of benzene rings is 7. The van der Waals surface area contributed by atoms with E-state index >= 15 is 0 Å². The molecule has 7 aliphatic heterocycles. The van der Waals surface area contributed by atoms with Gasteiger partial charge in [0.2, 0.25) is 41.4 Å². The van der Waals surface area contributed by atoms with Crippen molar-refractivity contribution in [3.05, 3.63) is 334 Å². The number of rotatable bonds is 7. The molecule has 0 atom stereocenters. The summed E-state index contributed by atoms with van der Waals surface area (Å²) in [5, 5.41) is 19.7. The molecule has 135 heavy (non-hydrogen) atoms. The van der Waals surface area contributed by atoms with Crippen LogP contribution in [0.25, 0.3) is 77.9 Å². The van der Waals surface area contributed by atoms with Gasteiger partial charge in [-0.15, -0.1) is 0 Å². The van der Waals surface area contributed by atoms with Gasteiger partial charge in [0.15, 0.2) is 0 Å².